The molecule has 2 aromatic heterocycles. The lowest BCUT2D eigenvalue weighted by molar-refractivity contribution is -0.116. The second kappa shape index (κ2) is 7.37. The minimum atomic E-state index is -0.0100. The maximum absolute atomic E-state index is 13.0. The summed E-state index contributed by atoms with van der Waals surface area (Å²) in [5.74, 6) is 0.318. The molecule has 4 rings (SSSR count). The molecule has 1 aromatic carbocycles. The summed E-state index contributed by atoms with van der Waals surface area (Å²) >= 11 is 2.90. The van der Waals surface area contributed by atoms with Gasteiger partial charge in [0.25, 0.3) is 5.56 Å². The van der Waals surface area contributed by atoms with E-state index in [0.29, 0.717) is 17.1 Å². The number of thioether (sulfide) groups is 1. The van der Waals surface area contributed by atoms with E-state index in [0.717, 1.165) is 27.4 Å². The number of thiophene rings is 1. The first-order valence-electron chi connectivity index (χ1n) is 9.45. The van der Waals surface area contributed by atoms with E-state index in [1.54, 1.807) is 15.9 Å². The van der Waals surface area contributed by atoms with E-state index in [1.165, 1.54) is 17.3 Å². The molecule has 0 unspecified atom stereocenters. The van der Waals surface area contributed by atoms with Gasteiger partial charge in [0.05, 0.1) is 11.1 Å². The van der Waals surface area contributed by atoms with Crippen molar-refractivity contribution in [1.82, 2.24) is 9.55 Å². The monoisotopic (exact) mass is 413 g/mol. The molecule has 1 aliphatic heterocycles. The zero-order valence-electron chi connectivity index (χ0n) is 16.5. The lowest BCUT2D eigenvalue weighted by atomic mass is 10.1. The van der Waals surface area contributed by atoms with Gasteiger partial charge >= 0.3 is 0 Å². The molecule has 0 radical (unpaired) electrons. The predicted octanol–water partition coefficient (Wildman–Crippen LogP) is 4.16. The van der Waals surface area contributed by atoms with Gasteiger partial charge in [0.2, 0.25) is 5.91 Å². The minimum Gasteiger partial charge on any atom is -0.308 e. The van der Waals surface area contributed by atoms with Crippen molar-refractivity contribution in [2.24, 2.45) is 0 Å². The summed E-state index contributed by atoms with van der Waals surface area (Å²) < 4.78 is 1.68. The molecular formula is C21H23N3O2S2. The number of hydrogen-bond acceptors (Lipinski definition) is 5. The highest BCUT2D eigenvalue weighted by atomic mass is 32.2. The molecule has 28 heavy (non-hydrogen) atoms. The molecule has 0 spiro atoms. The van der Waals surface area contributed by atoms with Gasteiger partial charge in [0.15, 0.2) is 5.16 Å². The molecule has 0 saturated carbocycles. The summed E-state index contributed by atoms with van der Waals surface area (Å²) in [6, 6.07) is 8.22. The van der Waals surface area contributed by atoms with Crippen LogP contribution in [0.25, 0.3) is 10.2 Å². The first-order valence-corrected chi connectivity index (χ1v) is 11.3. The van der Waals surface area contributed by atoms with Crippen molar-refractivity contribution < 1.29 is 4.79 Å². The van der Waals surface area contributed by atoms with E-state index in [9.17, 15) is 9.59 Å². The van der Waals surface area contributed by atoms with Crippen LogP contribution < -0.4 is 10.5 Å². The number of nitrogens with zero attached hydrogens (tertiary/aromatic N) is 3. The van der Waals surface area contributed by atoms with E-state index in [2.05, 4.69) is 13.0 Å². The summed E-state index contributed by atoms with van der Waals surface area (Å²) in [4.78, 5) is 34.4. The molecule has 146 valence electrons. The highest BCUT2D eigenvalue weighted by molar-refractivity contribution is 7.99. The molecule has 0 aliphatic carbocycles. The average Bonchev–Trinajstić information content (AvgIpc) is 3.15. The zero-order valence-corrected chi connectivity index (χ0v) is 18.1. The van der Waals surface area contributed by atoms with Crippen molar-refractivity contribution in [2.45, 2.75) is 51.9 Å². The molecule has 1 amide bonds. The molecule has 0 saturated heterocycles. The standard InChI is InChI=1S/C21H23N3O2S2/c1-5-23-20(26)18-13(3)14(4)28-19(18)22-21(23)27-11-17(25)24-12(2)10-15-8-6-7-9-16(15)24/h6-9,12H,5,10-11H2,1-4H3/t12-/m0/s1. The van der Waals surface area contributed by atoms with Gasteiger partial charge in [-0.25, -0.2) is 4.98 Å². The second-order valence-electron chi connectivity index (χ2n) is 7.14. The second-order valence-corrected chi connectivity index (χ2v) is 9.29. The number of rotatable bonds is 4. The van der Waals surface area contributed by atoms with Crippen molar-refractivity contribution in [1.29, 1.82) is 0 Å². The summed E-state index contributed by atoms with van der Waals surface area (Å²) in [5, 5.41) is 1.33. The molecule has 0 fully saturated rings. The lowest BCUT2D eigenvalue weighted by Crippen LogP contribution is -2.37. The van der Waals surface area contributed by atoms with Crippen molar-refractivity contribution in [3.8, 4) is 0 Å². The molecule has 0 bridgehead atoms. The van der Waals surface area contributed by atoms with Crippen LogP contribution in [0.1, 0.15) is 29.9 Å². The largest absolute Gasteiger partial charge is 0.308 e. The number of para-hydroxylation sites is 1. The van der Waals surface area contributed by atoms with Crippen LogP contribution in [-0.2, 0) is 17.8 Å². The van der Waals surface area contributed by atoms with Crippen LogP contribution in [0.4, 0.5) is 5.69 Å². The Morgan fingerprint density at radius 3 is 2.82 bits per heavy atom. The van der Waals surface area contributed by atoms with E-state index in [-0.39, 0.29) is 23.3 Å². The van der Waals surface area contributed by atoms with Gasteiger partial charge in [-0.05, 0) is 51.3 Å². The first-order chi connectivity index (χ1) is 13.4. The van der Waals surface area contributed by atoms with Crippen molar-refractivity contribution in [3.63, 3.8) is 0 Å². The van der Waals surface area contributed by atoms with Crippen LogP contribution in [0.15, 0.2) is 34.2 Å². The smallest absolute Gasteiger partial charge is 0.263 e. The molecule has 3 aromatic rings. The van der Waals surface area contributed by atoms with Gasteiger partial charge in [-0.2, -0.15) is 0 Å². The number of aryl methyl sites for hydroxylation is 2. The molecular weight excluding hydrogens is 390 g/mol. The summed E-state index contributed by atoms with van der Waals surface area (Å²) in [6.45, 7) is 8.54. The molecule has 1 aliphatic rings. The Morgan fingerprint density at radius 1 is 1.32 bits per heavy atom. The molecule has 3 heterocycles. The maximum Gasteiger partial charge on any atom is 0.263 e. The first kappa shape index (κ1) is 19.2. The van der Waals surface area contributed by atoms with Gasteiger partial charge in [0.1, 0.15) is 4.83 Å². The predicted molar refractivity (Wildman–Crippen MR) is 117 cm³/mol. The van der Waals surface area contributed by atoms with Gasteiger partial charge < -0.3 is 4.90 Å². The minimum absolute atomic E-state index is 0.0100. The third-order valence-electron chi connectivity index (χ3n) is 5.37. The number of carbonyl (C=O) groups excluding carboxylic acids is 1. The molecule has 1 atom stereocenters. The molecule has 0 N–H and O–H groups in total. The number of amides is 1. The third-order valence-corrected chi connectivity index (χ3v) is 7.43. The highest BCUT2D eigenvalue weighted by Crippen LogP contribution is 2.33. The van der Waals surface area contributed by atoms with E-state index in [4.69, 9.17) is 4.98 Å². The Bertz CT molecular complexity index is 1130. The fraction of sp³-hybridized carbons (Fsp3) is 0.381. The normalized spacial score (nSPS) is 16.0. The highest BCUT2D eigenvalue weighted by Gasteiger charge is 2.30. The summed E-state index contributed by atoms with van der Waals surface area (Å²) in [6.07, 6.45) is 0.879. The maximum atomic E-state index is 13.0. The SMILES string of the molecule is CCn1c(SCC(=O)N2c3ccccc3C[C@@H]2C)nc2sc(C)c(C)c2c1=O. The number of carbonyl (C=O) groups is 1. The fourth-order valence-corrected chi connectivity index (χ4v) is 5.83. The Hall–Kier alpha value is -2.12. The van der Waals surface area contributed by atoms with Gasteiger partial charge in [-0.15, -0.1) is 11.3 Å². The Morgan fingerprint density at radius 2 is 2.07 bits per heavy atom. The number of benzene rings is 1. The number of aromatic nitrogens is 2. The lowest BCUT2D eigenvalue weighted by Gasteiger charge is -2.22. The number of fused-ring (bicyclic) bond motifs is 2. The third kappa shape index (κ3) is 3.06. The van der Waals surface area contributed by atoms with Crippen LogP contribution in [-0.4, -0.2) is 27.3 Å². The van der Waals surface area contributed by atoms with Crippen LogP contribution >= 0.6 is 23.1 Å². The molecule has 7 heteroatoms. The quantitative estimate of drug-likeness (QED) is 0.476. The van der Waals surface area contributed by atoms with E-state index in [1.807, 2.05) is 43.9 Å². The number of hydrogen-bond donors (Lipinski definition) is 0. The van der Waals surface area contributed by atoms with Gasteiger partial charge in [-0.1, -0.05) is 30.0 Å². The van der Waals surface area contributed by atoms with Crippen LogP contribution in [0.3, 0.4) is 0 Å². The Balaban J connectivity index is 1.63. The van der Waals surface area contributed by atoms with Crippen LogP contribution in [0.5, 0.6) is 0 Å². The Labute approximate surface area is 172 Å². The van der Waals surface area contributed by atoms with Gasteiger partial charge in [0, 0.05) is 23.2 Å². The number of anilines is 1. The zero-order chi connectivity index (χ0) is 20.0. The van der Waals surface area contributed by atoms with Gasteiger partial charge in [-0.3, -0.25) is 14.2 Å². The summed E-state index contributed by atoms with van der Waals surface area (Å²) in [5.41, 5.74) is 3.21. The topological polar surface area (TPSA) is 55.2 Å². The fourth-order valence-electron chi connectivity index (χ4n) is 3.84. The van der Waals surface area contributed by atoms with Crippen LogP contribution in [0, 0.1) is 13.8 Å². The van der Waals surface area contributed by atoms with Crippen molar-refractivity contribution in [3.05, 3.63) is 50.6 Å². The Kier molecular flexibility index (Phi) is 5.05. The van der Waals surface area contributed by atoms with Crippen molar-refractivity contribution >= 4 is 44.9 Å². The van der Waals surface area contributed by atoms with Crippen LogP contribution in [0.2, 0.25) is 0 Å². The average molecular weight is 414 g/mol. The van der Waals surface area contributed by atoms with E-state index < -0.39 is 0 Å². The van der Waals surface area contributed by atoms with Crippen molar-refractivity contribution in [2.75, 3.05) is 10.7 Å². The molecule has 5 nitrogen and oxygen atoms in total. The van der Waals surface area contributed by atoms with E-state index >= 15 is 0 Å². The summed E-state index contributed by atoms with van der Waals surface area (Å²) in [7, 11) is 0.